The number of hydrogen-bond donors (Lipinski definition) is 0. The molecule has 2 aromatic rings. The molecule has 0 saturated carbocycles. The van der Waals surface area contributed by atoms with Crippen LogP contribution in [0.5, 0.6) is 5.75 Å². The molecular formula is C11H10O2Se. The second kappa shape index (κ2) is 3.60. The first-order valence-corrected chi connectivity index (χ1v) is 6.06. The van der Waals surface area contributed by atoms with Crippen LogP contribution in [-0.4, -0.2) is 20.5 Å². The summed E-state index contributed by atoms with van der Waals surface area (Å²) in [4.78, 5) is 10.9. The van der Waals surface area contributed by atoms with Crippen LogP contribution in [0, 0.1) is 6.92 Å². The Morgan fingerprint density at radius 1 is 1.36 bits per heavy atom. The molecule has 0 unspecified atom stereocenters. The van der Waals surface area contributed by atoms with Gasteiger partial charge in [-0.2, -0.15) is 0 Å². The monoisotopic (exact) mass is 254 g/mol. The van der Waals surface area contributed by atoms with Crippen LogP contribution in [0.25, 0.3) is 9.65 Å². The Labute approximate surface area is 88.2 Å². The molecule has 0 aliphatic carbocycles. The van der Waals surface area contributed by atoms with Crippen molar-refractivity contribution in [1.82, 2.24) is 0 Å². The zero-order chi connectivity index (χ0) is 10.1. The molecule has 0 bridgehead atoms. The van der Waals surface area contributed by atoms with Gasteiger partial charge in [-0.05, 0) is 0 Å². The fourth-order valence-electron chi connectivity index (χ4n) is 1.41. The predicted octanol–water partition coefficient (Wildman–Crippen LogP) is 2.13. The van der Waals surface area contributed by atoms with E-state index in [0.29, 0.717) is 14.5 Å². The first-order valence-electron chi connectivity index (χ1n) is 4.35. The van der Waals surface area contributed by atoms with Crippen molar-refractivity contribution in [3.8, 4) is 5.75 Å². The molecule has 3 heteroatoms. The first kappa shape index (κ1) is 9.50. The number of hydrogen-bond acceptors (Lipinski definition) is 2. The van der Waals surface area contributed by atoms with Gasteiger partial charge in [0.05, 0.1) is 0 Å². The van der Waals surface area contributed by atoms with Gasteiger partial charge in [-0.25, -0.2) is 0 Å². The quantitative estimate of drug-likeness (QED) is 0.575. The van der Waals surface area contributed by atoms with E-state index in [9.17, 15) is 4.79 Å². The number of carbonyl (C=O) groups excluding carboxylic acids is 1. The summed E-state index contributed by atoms with van der Waals surface area (Å²) < 4.78 is 7.69. The van der Waals surface area contributed by atoms with Gasteiger partial charge in [0.15, 0.2) is 0 Å². The first-order chi connectivity index (χ1) is 6.68. The molecule has 2 nitrogen and oxygen atoms in total. The number of aryl methyl sites for hydroxylation is 1. The summed E-state index contributed by atoms with van der Waals surface area (Å²) in [6, 6.07) is 8.09. The molecule has 0 fully saturated rings. The van der Waals surface area contributed by atoms with Crippen molar-refractivity contribution >= 4 is 30.1 Å². The van der Waals surface area contributed by atoms with Crippen LogP contribution in [0.1, 0.15) is 11.4 Å². The Morgan fingerprint density at radius 3 is 2.79 bits per heavy atom. The van der Waals surface area contributed by atoms with E-state index in [1.807, 2.05) is 25.1 Å². The number of ether oxygens (including phenoxy) is 1. The number of esters is 1. The molecule has 1 heterocycles. The summed E-state index contributed by atoms with van der Waals surface area (Å²) >= 11 is 0.321. The molecule has 0 N–H and O–H groups in total. The molecule has 0 radical (unpaired) electrons. The predicted molar refractivity (Wildman–Crippen MR) is 56.9 cm³/mol. The van der Waals surface area contributed by atoms with Crippen molar-refractivity contribution in [2.24, 2.45) is 0 Å². The maximum absolute atomic E-state index is 10.9. The van der Waals surface area contributed by atoms with E-state index in [4.69, 9.17) is 4.74 Å². The van der Waals surface area contributed by atoms with Crippen molar-refractivity contribution in [1.29, 1.82) is 0 Å². The average Bonchev–Trinajstić information content (AvgIpc) is 2.43. The van der Waals surface area contributed by atoms with Crippen LogP contribution >= 0.6 is 0 Å². The topological polar surface area (TPSA) is 26.3 Å². The van der Waals surface area contributed by atoms with Gasteiger partial charge in [0.1, 0.15) is 0 Å². The maximum atomic E-state index is 10.9. The number of carbonyl (C=O) groups is 1. The third-order valence-electron chi connectivity index (χ3n) is 1.96. The van der Waals surface area contributed by atoms with Gasteiger partial charge in [0, 0.05) is 0 Å². The van der Waals surface area contributed by atoms with Gasteiger partial charge in [-0.3, -0.25) is 0 Å². The molecule has 1 aromatic carbocycles. The van der Waals surface area contributed by atoms with Crippen LogP contribution in [0.3, 0.4) is 0 Å². The molecule has 72 valence electrons. The number of benzene rings is 1. The van der Waals surface area contributed by atoms with Crippen LogP contribution < -0.4 is 4.74 Å². The zero-order valence-electron chi connectivity index (χ0n) is 8.03. The van der Waals surface area contributed by atoms with Gasteiger partial charge in [0.25, 0.3) is 0 Å². The minimum atomic E-state index is -0.244. The van der Waals surface area contributed by atoms with Gasteiger partial charge in [-0.1, -0.05) is 0 Å². The molecule has 2 rings (SSSR count). The van der Waals surface area contributed by atoms with Crippen LogP contribution in [-0.2, 0) is 4.79 Å². The second-order valence-corrected chi connectivity index (χ2v) is 5.71. The fraction of sp³-hybridized carbons (Fsp3) is 0.182. The summed E-state index contributed by atoms with van der Waals surface area (Å²) in [7, 11) is 0. The molecule has 0 atom stereocenters. The number of rotatable bonds is 1. The van der Waals surface area contributed by atoms with E-state index in [1.54, 1.807) is 0 Å². The Morgan fingerprint density at radius 2 is 2.07 bits per heavy atom. The molecule has 0 spiro atoms. The third-order valence-corrected chi connectivity index (χ3v) is 4.20. The van der Waals surface area contributed by atoms with E-state index in [1.165, 1.54) is 15.6 Å². The fourth-order valence-corrected chi connectivity index (χ4v) is 3.49. The summed E-state index contributed by atoms with van der Waals surface area (Å²) in [6.07, 6.45) is 0. The van der Waals surface area contributed by atoms with Crippen molar-refractivity contribution in [2.75, 3.05) is 0 Å². The molecule has 1 aromatic heterocycles. The van der Waals surface area contributed by atoms with Gasteiger partial charge in [0.2, 0.25) is 0 Å². The van der Waals surface area contributed by atoms with Crippen molar-refractivity contribution < 1.29 is 9.53 Å². The molecule has 0 aliphatic heterocycles. The van der Waals surface area contributed by atoms with Crippen molar-refractivity contribution in [2.45, 2.75) is 13.8 Å². The van der Waals surface area contributed by atoms with Gasteiger partial charge >= 0.3 is 88.0 Å². The van der Waals surface area contributed by atoms with Crippen molar-refractivity contribution in [3.63, 3.8) is 0 Å². The van der Waals surface area contributed by atoms with E-state index in [0.717, 1.165) is 11.1 Å². The Bertz CT molecular complexity index is 485. The number of fused-ring (bicyclic) bond motifs is 1. The molecule has 0 amide bonds. The van der Waals surface area contributed by atoms with Gasteiger partial charge < -0.3 is 0 Å². The summed E-state index contributed by atoms with van der Waals surface area (Å²) in [6.45, 7) is 3.46. The standard InChI is InChI=1S/C11H10O2Se/c1-7-11(13-8(2)12)9-5-3-4-6-10(9)14-7/h3-6H,1-2H3. The Balaban J connectivity index is 2.62. The van der Waals surface area contributed by atoms with E-state index >= 15 is 0 Å². The van der Waals surface area contributed by atoms with Crippen molar-refractivity contribution in [3.05, 3.63) is 28.7 Å². The summed E-state index contributed by atoms with van der Waals surface area (Å²) in [5, 5.41) is 1.08. The van der Waals surface area contributed by atoms with E-state index < -0.39 is 0 Å². The molecule has 0 saturated heterocycles. The van der Waals surface area contributed by atoms with Crippen LogP contribution in [0.2, 0.25) is 0 Å². The Hall–Kier alpha value is -1.05. The van der Waals surface area contributed by atoms with Crippen LogP contribution in [0.15, 0.2) is 24.3 Å². The summed E-state index contributed by atoms with van der Waals surface area (Å²) in [5.41, 5.74) is 0. The zero-order valence-corrected chi connectivity index (χ0v) is 9.75. The third kappa shape index (κ3) is 1.61. The molecule has 0 aliphatic rings. The minimum absolute atomic E-state index is 0.244. The van der Waals surface area contributed by atoms with Gasteiger partial charge in [-0.15, -0.1) is 0 Å². The van der Waals surface area contributed by atoms with Crippen LogP contribution in [0.4, 0.5) is 0 Å². The molecule has 14 heavy (non-hydrogen) atoms. The summed E-state index contributed by atoms with van der Waals surface area (Å²) in [5.74, 6) is 0.528. The molecular weight excluding hydrogens is 243 g/mol. The Kier molecular flexibility index (Phi) is 2.44. The van der Waals surface area contributed by atoms with E-state index in [2.05, 4.69) is 6.07 Å². The normalized spacial score (nSPS) is 10.4. The van der Waals surface area contributed by atoms with E-state index in [-0.39, 0.29) is 5.97 Å². The average molecular weight is 253 g/mol. The SMILES string of the molecule is CC(=O)Oc1c(C)[se]c2ccccc12. The second-order valence-electron chi connectivity index (χ2n) is 3.08.